The van der Waals surface area contributed by atoms with Gasteiger partial charge in [0.1, 0.15) is 11.6 Å². The number of ether oxygens (including phenoxy) is 1. The lowest BCUT2D eigenvalue weighted by Crippen LogP contribution is -2.24. The highest BCUT2D eigenvalue weighted by Gasteiger charge is 2.17. The van der Waals surface area contributed by atoms with Gasteiger partial charge in [0.2, 0.25) is 10.0 Å². The highest BCUT2D eigenvalue weighted by Crippen LogP contribution is 2.20. The second-order valence-electron chi connectivity index (χ2n) is 4.55. The summed E-state index contributed by atoms with van der Waals surface area (Å²) < 4.78 is 45.3. The number of hydrogen-bond acceptors (Lipinski definition) is 3. The maximum atomic E-state index is 13.3. The minimum Gasteiger partial charge on any atom is -0.496 e. The number of nitrogens with one attached hydrogen (secondary N) is 1. The third-order valence-corrected chi connectivity index (χ3v) is 4.64. The van der Waals surface area contributed by atoms with E-state index in [9.17, 15) is 12.8 Å². The summed E-state index contributed by atoms with van der Waals surface area (Å²) in [7, 11) is -2.20. The molecule has 21 heavy (non-hydrogen) atoms. The average Bonchev–Trinajstić information content (AvgIpc) is 2.45. The van der Waals surface area contributed by atoms with Crippen LogP contribution in [0.15, 0.2) is 47.4 Å². The zero-order chi connectivity index (χ0) is 15.5. The summed E-state index contributed by atoms with van der Waals surface area (Å²) in [5, 5.41) is 0. The Kier molecular flexibility index (Phi) is 4.59. The number of benzene rings is 2. The van der Waals surface area contributed by atoms with Crippen LogP contribution in [0, 0.1) is 12.7 Å². The molecule has 0 radical (unpaired) electrons. The SMILES string of the molecule is COc1ccc(F)cc1CNS(=O)(=O)c1ccccc1C. The van der Waals surface area contributed by atoms with Crippen LogP contribution < -0.4 is 9.46 Å². The van der Waals surface area contributed by atoms with Crippen molar-refractivity contribution in [2.45, 2.75) is 18.4 Å². The first-order chi connectivity index (χ1) is 9.94. The van der Waals surface area contributed by atoms with Crippen LogP contribution in [0.25, 0.3) is 0 Å². The molecule has 0 unspecified atom stereocenters. The van der Waals surface area contributed by atoms with Gasteiger partial charge in [-0.05, 0) is 36.8 Å². The fourth-order valence-electron chi connectivity index (χ4n) is 1.99. The van der Waals surface area contributed by atoms with Crippen molar-refractivity contribution >= 4 is 10.0 Å². The van der Waals surface area contributed by atoms with Gasteiger partial charge >= 0.3 is 0 Å². The van der Waals surface area contributed by atoms with Crippen LogP contribution in [-0.4, -0.2) is 15.5 Å². The molecule has 6 heteroatoms. The van der Waals surface area contributed by atoms with Gasteiger partial charge in [-0.25, -0.2) is 17.5 Å². The lowest BCUT2D eigenvalue weighted by atomic mass is 10.2. The van der Waals surface area contributed by atoms with Crippen LogP contribution in [0.1, 0.15) is 11.1 Å². The lowest BCUT2D eigenvalue weighted by Gasteiger charge is -2.11. The van der Waals surface area contributed by atoms with Crippen LogP contribution in [-0.2, 0) is 16.6 Å². The van der Waals surface area contributed by atoms with Crippen LogP contribution in [0.3, 0.4) is 0 Å². The van der Waals surface area contributed by atoms with Crippen molar-refractivity contribution in [3.8, 4) is 5.75 Å². The van der Waals surface area contributed by atoms with Crippen LogP contribution >= 0.6 is 0 Å². The lowest BCUT2D eigenvalue weighted by molar-refractivity contribution is 0.407. The van der Waals surface area contributed by atoms with Gasteiger partial charge in [-0.15, -0.1) is 0 Å². The Bertz CT molecular complexity index is 744. The minimum absolute atomic E-state index is 0.0440. The summed E-state index contributed by atoms with van der Waals surface area (Å²) in [5.41, 5.74) is 1.09. The zero-order valence-electron chi connectivity index (χ0n) is 11.8. The standard InChI is InChI=1S/C15H16FNO3S/c1-11-5-3-4-6-15(11)21(18,19)17-10-12-9-13(16)7-8-14(12)20-2/h3-9,17H,10H2,1-2H3. The maximum Gasteiger partial charge on any atom is 0.241 e. The van der Waals surface area contributed by atoms with Gasteiger partial charge in [0.05, 0.1) is 12.0 Å². The maximum absolute atomic E-state index is 13.3. The fraction of sp³-hybridized carbons (Fsp3) is 0.200. The van der Waals surface area contributed by atoms with E-state index in [2.05, 4.69) is 4.72 Å². The molecular weight excluding hydrogens is 293 g/mol. The molecule has 0 spiro atoms. The summed E-state index contributed by atoms with van der Waals surface area (Å²) >= 11 is 0. The Labute approximate surface area is 123 Å². The molecule has 4 nitrogen and oxygen atoms in total. The number of rotatable bonds is 5. The molecule has 0 bridgehead atoms. The molecule has 2 rings (SSSR count). The highest BCUT2D eigenvalue weighted by atomic mass is 32.2. The summed E-state index contributed by atoms with van der Waals surface area (Å²) in [5.74, 6) is -0.00947. The predicted octanol–water partition coefficient (Wildman–Crippen LogP) is 2.62. The van der Waals surface area contributed by atoms with Gasteiger partial charge in [-0.3, -0.25) is 0 Å². The van der Waals surface area contributed by atoms with Gasteiger partial charge in [0.15, 0.2) is 0 Å². The first-order valence-corrected chi connectivity index (χ1v) is 7.80. The topological polar surface area (TPSA) is 55.4 Å². The van der Waals surface area contributed by atoms with Gasteiger partial charge in [0, 0.05) is 12.1 Å². The molecule has 2 aromatic carbocycles. The van der Waals surface area contributed by atoms with E-state index in [1.165, 1.54) is 31.4 Å². The molecule has 0 aliphatic carbocycles. The predicted molar refractivity (Wildman–Crippen MR) is 78.2 cm³/mol. The third kappa shape index (κ3) is 3.59. The Hall–Kier alpha value is -1.92. The van der Waals surface area contributed by atoms with Crippen molar-refractivity contribution in [1.29, 1.82) is 0 Å². The molecule has 2 aromatic rings. The zero-order valence-corrected chi connectivity index (χ0v) is 12.6. The van der Waals surface area contributed by atoms with E-state index >= 15 is 0 Å². The molecule has 1 N–H and O–H groups in total. The number of hydrogen-bond donors (Lipinski definition) is 1. The Morgan fingerprint density at radius 3 is 2.57 bits per heavy atom. The van der Waals surface area contributed by atoms with Gasteiger partial charge in [0.25, 0.3) is 0 Å². The number of aryl methyl sites for hydroxylation is 1. The normalized spacial score (nSPS) is 11.4. The van der Waals surface area contributed by atoms with Crippen molar-refractivity contribution in [3.63, 3.8) is 0 Å². The molecule has 0 heterocycles. The molecular formula is C15H16FNO3S. The molecule has 0 saturated carbocycles. The summed E-state index contributed by atoms with van der Waals surface area (Å²) in [4.78, 5) is 0.209. The number of halogens is 1. The van der Waals surface area contributed by atoms with Crippen molar-refractivity contribution in [3.05, 3.63) is 59.4 Å². The third-order valence-electron chi connectivity index (χ3n) is 3.08. The number of methoxy groups -OCH3 is 1. The minimum atomic E-state index is -3.65. The van der Waals surface area contributed by atoms with Crippen LogP contribution in [0.2, 0.25) is 0 Å². The van der Waals surface area contributed by atoms with Gasteiger partial charge in [-0.1, -0.05) is 18.2 Å². The smallest absolute Gasteiger partial charge is 0.241 e. The molecule has 0 aliphatic rings. The molecule has 0 aliphatic heterocycles. The largest absolute Gasteiger partial charge is 0.496 e. The Balaban J connectivity index is 2.24. The summed E-state index contributed by atoms with van der Waals surface area (Å²) in [6.07, 6.45) is 0. The van der Waals surface area contributed by atoms with Crippen LogP contribution in [0.5, 0.6) is 5.75 Å². The van der Waals surface area contributed by atoms with E-state index < -0.39 is 15.8 Å². The van der Waals surface area contributed by atoms with E-state index in [0.29, 0.717) is 16.9 Å². The van der Waals surface area contributed by atoms with Gasteiger partial charge in [-0.2, -0.15) is 0 Å². The quantitative estimate of drug-likeness (QED) is 0.923. The fourth-order valence-corrected chi connectivity index (χ4v) is 3.24. The second kappa shape index (κ2) is 6.24. The van der Waals surface area contributed by atoms with E-state index in [1.54, 1.807) is 25.1 Å². The van der Waals surface area contributed by atoms with E-state index in [4.69, 9.17) is 4.74 Å². The number of sulfonamides is 1. The van der Waals surface area contributed by atoms with Crippen molar-refractivity contribution in [2.75, 3.05) is 7.11 Å². The van der Waals surface area contributed by atoms with Crippen molar-refractivity contribution in [2.24, 2.45) is 0 Å². The monoisotopic (exact) mass is 309 g/mol. The van der Waals surface area contributed by atoms with Crippen molar-refractivity contribution < 1.29 is 17.5 Å². The van der Waals surface area contributed by atoms with Crippen LogP contribution in [0.4, 0.5) is 4.39 Å². The van der Waals surface area contributed by atoms with E-state index in [1.807, 2.05) is 0 Å². The van der Waals surface area contributed by atoms with Gasteiger partial charge < -0.3 is 4.74 Å². The van der Waals surface area contributed by atoms with E-state index in [0.717, 1.165) is 0 Å². The molecule has 0 atom stereocenters. The first-order valence-electron chi connectivity index (χ1n) is 6.32. The Morgan fingerprint density at radius 1 is 1.19 bits per heavy atom. The summed E-state index contributed by atoms with van der Waals surface area (Å²) in [6.45, 7) is 1.68. The first kappa shape index (κ1) is 15.5. The highest BCUT2D eigenvalue weighted by molar-refractivity contribution is 7.89. The molecule has 0 fully saturated rings. The molecule has 0 saturated heterocycles. The molecule has 0 amide bonds. The van der Waals surface area contributed by atoms with E-state index in [-0.39, 0.29) is 11.4 Å². The second-order valence-corrected chi connectivity index (χ2v) is 6.28. The average molecular weight is 309 g/mol. The van der Waals surface area contributed by atoms with Crippen molar-refractivity contribution in [1.82, 2.24) is 4.72 Å². The molecule has 0 aromatic heterocycles. The Morgan fingerprint density at radius 2 is 1.90 bits per heavy atom. The molecule has 112 valence electrons. The summed E-state index contributed by atoms with van der Waals surface area (Å²) in [6, 6.07) is 10.6.